The molecule has 2 N–H and O–H groups in total. The van der Waals surface area contributed by atoms with E-state index in [1.54, 1.807) is 0 Å². The largest absolute Gasteiger partial charge is 0.354 e. The Hall–Kier alpha value is -0.610. The van der Waals surface area contributed by atoms with E-state index in [9.17, 15) is 4.79 Å². The Kier molecular flexibility index (Phi) is 7.39. The summed E-state index contributed by atoms with van der Waals surface area (Å²) in [5, 5.41) is 6.48. The van der Waals surface area contributed by atoms with E-state index in [4.69, 9.17) is 0 Å². The van der Waals surface area contributed by atoms with Crippen molar-refractivity contribution in [1.82, 2.24) is 15.5 Å². The van der Waals surface area contributed by atoms with E-state index in [1.807, 2.05) is 6.92 Å². The zero-order valence-electron chi connectivity index (χ0n) is 13.0. The molecule has 0 radical (unpaired) electrons. The van der Waals surface area contributed by atoms with Crippen molar-refractivity contribution in [2.24, 2.45) is 5.92 Å². The molecule has 1 aliphatic heterocycles. The predicted molar refractivity (Wildman–Crippen MR) is 80.2 cm³/mol. The smallest absolute Gasteiger partial charge is 0.236 e. The van der Waals surface area contributed by atoms with Crippen LogP contribution >= 0.6 is 0 Å². The molecule has 0 saturated carbocycles. The van der Waals surface area contributed by atoms with Gasteiger partial charge in [-0.05, 0) is 51.7 Å². The van der Waals surface area contributed by atoms with Crippen LogP contribution in [0.2, 0.25) is 0 Å². The molecule has 1 rings (SSSR count). The number of hydrogen-bond acceptors (Lipinski definition) is 3. The van der Waals surface area contributed by atoms with Gasteiger partial charge in [0.15, 0.2) is 0 Å². The first-order chi connectivity index (χ1) is 9.02. The lowest BCUT2D eigenvalue weighted by Crippen LogP contribution is -2.47. The fraction of sp³-hybridized carbons (Fsp3) is 0.933. The summed E-state index contributed by atoms with van der Waals surface area (Å²) in [6.07, 6.45) is 3.56. The van der Waals surface area contributed by atoms with Gasteiger partial charge in [-0.1, -0.05) is 20.8 Å². The van der Waals surface area contributed by atoms with Crippen LogP contribution < -0.4 is 10.6 Å². The van der Waals surface area contributed by atoms with E-state index in [0.717, 1.165) is 26.1 Å². The fourth-order valence-corrected chi connectivity index (χ4v) is 2.53. The maximum atomic E-state index is 11.9. The van der Waals surface area contributed by atoms with Crippen molar-refractivity contribution in [2.75, 3.05) is 26.2 Å². The predicted octanol–water partition coefficient (Wildman–Crippen LogP) is 1.61. The van der Waals surface area contributed by atoms with Crippen molar-refractivity contribution in [3.8, 4) is 0 Å². The number of likely N-dealkylation sites (tertiary alicyclic amines) is 1. The molecule has 1 heterocycles. The first-order valence-electron chi connectivity index (χ1n) is 7.79. The molecule has 0 aliphatic carbocycles. The molecule has 0 bridgehead atoms. The molecule has 0 aromatic heterocycles. The van der Waals surface area contributed by atoms with Crippen molar-refractivity contribution in [2.45, 2.75) is 59.0 Å². The minimum Gasteiger partial charge on any atom is -0.354 e. The molecular formula is C15H31N3O. The summed E-state index contributed by atoms with van der Waals surface area (Å²) in [7, 11) is 0. The minimum absolute atomic E-state index is 0.0862. The monoisotopic (exact) mass is 269 g/mol. The molecule has 112 valence electrons. The molecule has 1 saturated heterocycles. The Bertz CT molecular complexity index is 268. The molecule has 0 aromatic rings. The maximum Gasteiger partial charge on any atom is 0.236 e. The highest BCUT2D eigenvalue weighted by atomic mass is 16.2. The first-order valence-corrected chi connectivity index (χ1v) is 7.79. The Morgan fingerprint density at radius 2 is 2.00 bits per heavy atom. The van der Waals surface area contributed by atoms with Gasteiger partial charge in [-0.3, -0.25) is 4.79 Å². The van der Waals surface area contributed by atoms with Crippen LogP contribution in [0.3, 0.4) is 0 Å². The minimum atomic E-state index is -0.0862. The van der Waals surface area contributed by atoms with E-state index < -0.39 is 0 Å². The van der Waals surface area contributed by atoms with Gasteiger partial charge in [0.25, 0.3) is 0 Å². The number of hydrogen-bond donors (Lipinski definition) is 2. The lowest BCUT2D eigenvalue weighted by atomic mass is 10.1. The third-order valence-electron chi connectivity index (χ3n) is 3.83. The van der Waals surface area contributed by atoms with E-state index in [1.165, 1.54) is 19.4 Å². The Balaban J connectivity index is 2.31. The molecule has 1 fully saturated rings. The zero-order chi connectivity index (χ0) is 14.3. The third-order valence-corrected chi connectivity index (χ3v) is 3.83. The van der Waals surface area contributed by atoms with Gasteiger partial charge in [0.05, 0.1) is 6.04 Å². The lowest BCUT2D eigenvalue weighted by Gasteiger charge is -2.22. The van der Waals surface area contributed by atoms with Crippen LogP contribution in [0.5, 0.6) is 0 Å². The fourth-order valence-electron chi connectivity index (χ4n) is 2.53. The van der Waals surface area contributed by atoms with Crippen LogP contribution in [0.15, 0.2) is 0 Å². The molecule has 19 heavy (non-hydrogen) atoms. The van der Waals surface area contributed by atoms with E-state index in [-0.39, 0.29) is 11.9 Å². The van der Waals surface area contributed by atoms with Crippen molar-refractivity contribution in [3.63, 3.8) is 0 Å². The average Bonchev–Trinajstić information content (AvgIpc) is 2.60. The normalized spacial score (nSPS) is 23.1. The van der Waals surface area contributed by atoms with Gasteiger partial charge in [-0.2, -0.15) is 0 Å². The average molecular weight is 269 g/mol. The number of carbonyl (C=O) groups excluding carboxylic acids is 1. The second-order valence-corrected chi connectivity index (χ2v) is 6.09. The highest BCUT2D eigenvalue weighted by Gasteiger charge is 2.20. The Labute approximate surface area is 118 Å². The molecule has 2 unspecified atom stereocenters. The summed E-state index contributed by atoms with van der Waals surface area (Å²) in [5.41, 5.74) is 0. The van der Waals surface area contributed by atoms with E-state index in [0.29, 0.717) is 12.0 Å². The molecule has 0 aromatic carbocycles. The first kappa shape index (κ1) is 16.4. The summed E-state index contributed by atoms with van der Waals surface area (Å²) in [4.78, 5) is 14.4. The SMILES string of the molecule is CCN1CCCC(NC(C)C(=O)NCC(C)C)CC1. The molecular weight excluding hydrogens is 238 g/mol. The molecule has 1 aliphatic rings. The summed E-state index contributed by atoms with van der Waals surface area (Å²) in [5.74, 6) is 0.637. The summed E-state index contributed by atoms with van der Waals surface area (Å²) in [6, 6.07) is 0.397. The third kappa shape index (κ3) is 6.39. The van der Waals surface area contributed by atoms with E-state index >= 15 is 0 Å². The number of carbonyl (C=O) groups is 1. The topological polar surface area (TPSA) is 44.4 Å². The standard InChI is InChI=1S/C15H31N3O/c1-5-18-9-6-7-14(8-10-18)17-13(4)15(19)16-11-12(2)3/h12-14,17H,5-11H2,1-4H3,(H,16,19). The van der Waals surface area contributed by atoms with E-state index in [2.05, 4.69) is 36.3 Å². The Morgan fingerprint density at radius 1 is 1.26 bits per heavy atom. The van der Waals surface area contributed by atoms with Gasteiger partial charge in [-0.25, -0.2) is 0 Å². The summed E-state index contributed by atoms with van der Waals surface area (Å²) < 4.78 is 0. The van der Waals surface area contributed by atoms with Gasteiger partial charge in [-0.15, -0.1) is 0 Å². The van der Waals surface area contributed by atoms with Crippen LogP contribution in [-0.2, 0) is 4.79 Å². The maximum absolute atomic E-state index is 11.9. The number of amides is 1. The lowest BCUT2D eigenvalue weighted by molar-refractivity contribution is -0.123. The molecule has 2 atom stereocenters. The van der Waals surface area contributed by atoms with Crippen LogP contribution in [0, 0.1) is 5.92 Å². The van der Waals surface area contributed by atoms with Gasteiger partial charge in [0.1, 0.15) is 0 Å². The van der Waals surface area contributed by atoms with Crippen molar-refractivity contribution in [3.05, 3.63) is 0 Å². The molecule has 0 spiro atoms. The van der Waals surface area contributed by atoms with Gasteiger partial charge in [0, 0.05) is 12.6 Å². The highest BCUT2D eigenvalue weighted by molar-refractivity contribution is 5.81. The molecule has 4 nitrogen and oxygen atoms in total. The Morgan fingerprint density at radius 3 is 2.63 bits per heavy atom. The summed E-state index contributed by atoms with van der Waals surface area (Å²) in [6.45, 7) is 12.7. The second-order valence-electron chi connectivity index (χ2n) is 6.09. The number of nitrogens with zero attached hydrogens (tertiary/aromatic N) is 1. The van der Waals surface area contributed by atoms with Crippen LogP contribution in [0.25, 0.3) is 0 Å². The molecule has 4 heteroatoms. The summed E-state index contributed by atoms with van der Waals surface area (Å²) >= 11 is 0. The van der Waals surface area contributed by atoms with Crippen molar-refractivity contribution >= 4 is 5.91 Å². The van der Waals surface area contributed by atoms with Crippen molar-refractivity contribution in [1.29, 1.82) is 0 Å². The zero-order valence-corrected chi connectivity index (χ0v) is 13.0. The number of nitrogens with one attached hydrogen (secondary N) is 2. The van der Waals surface area contributed by atoms with Gasteiger partial charge < -0.3 is 15.5 Å². The second kappa shape index (κ2) is 8.54. The van der Waals surface area contributed by atoms with Crippen LogP contribution in [0.4, 0.5) is 0 Å². The number of rotatable bonds is 6. The van der Waals surface area contributed by atoms with Crippen LogP contribution in [-0.4, -0.2) is 49.1 Å². The van der Waals surface area contributed by atoms with Crippen molar-refractivity contribution < 1.29 is 4.79 Å². The van der Waals surface area contributed by atoms with Crippen LogP contribution in [0.1, 0.15) is 47.0 Å². The highest BCUT2D eigenvalue weighted by Crippen LogP contribution is 2.11. The van der Waals surface area contributed by atoms with Gasteiger partial charge >= 0.3 is 0 Å². The van der Waals surface area contributed by atoms with Gasteiger partial charge in [0.2, 0.25) is 5.91 Å². The molecule has 1 amide bonds. The quantitative estimate of drug-likeness (QED) is 0.770.